The summed E-state index contributed by atoms with van der Waals surface area (Å²) in [5.41, 5.74) is 0. The average molecular weight is 141 g/mol. The third kappa shape index (κ3) is 1.33. The Bertz CT molecular complexity index is 207. The predicted octanol–water partition coefficient (Wildman–Crippen LogP) is 0.351. The summed E-state index contributed by atoms with van der Waals surface area (Å²) in [6.07, 6.45) is 1.62. The molecule has 0 aliphatic carbocycles. The van der Waals surface area contributed by atoms with Crippen LogP contribution in [0.1, 0.15) is 25.7 Å². The van der Waals surface area contributed by atoms with Crippen LogP contribution in [0.2, 0.25) is 0 Å². The molecule has 56 valence electrons. The fourth-order valence-corrected chi connectivity index (χ4v) is 0.632. The van der Waals surface area contributed by atoms with Crippen LogP contribution in [0.25, 0.3) is 0 Å². The van der Waals surface area contributed by atoms with Crippen molar-refractivity contribution >= 4 is 0 Å². The molecule has 1 aromatic rings. The van der Waals surface area contributed by atoms with Crippen molar-refractivity contribution < 1.29 is 5.11 Å². The first kappa shape index (κ1) is 7.21. The van der Waals surface area contributed by atoms with Crippen molar-refractivity contribution in [2.75, 3.05) is 0 Å². The van der Waals surface area contributed by atoms with E-state index in [1.807, 2.05) is 13.8 Å². The van der Waals surface area contributed by atoms with Gasteiger partial charge < -0.3 is 5.11 Å². The number of hydrogen-bond donors (Lipinski definition) is 1. The van der Waals surface area contributed by atoms with Gasteiger partial charge in [0.25, 0.3) is 0 Å². The van der Waals surface area contributed by atoms with Crippen LogP contribution >= 0.6 is 0 Å². The highest BCUT2D eigenvalue weighted by Gasteiger charge is 2.00. The SMILES string of the molecule is CC(C)n1cnc(CO)n1. The molecule has 4 nitrogen and oxygen atoms in total. The Kier molecular flexibility index (Phi) is 2.01. The Morgan fingerprint density at radius 3 is 2.70 bits per heavy atom. The van der Waals surface area contributed by atoms with Gasteiger partial charge in [-0.15, -0.1) is 0 Å². The summed E-state index contributed by atoms with van der Waals surface area (Å²) in [5, 5.41) is 12.6. The molecule has 0 bridgehead atoms. The summed E-state index contributed by atoms with van der Waals surface area (Å²) < 4.78 is 1.71. The molecule has 0 atom stereocenters. The van der Waals surface area contributed by atoms with Gasteiger partial charge in [-0.25, -0.2) is 4.98 Å². The molecule has 0 unspecified atom stereocenters. The number of rotatable bonds is 2. The summed E-state index contributed by atoms with van der Waals surface area (Å²) in [6, 6.07) is 0.313. The molecule has 1 heterocycles. The smallest absolute Gasteiger partial charge is 0.175 e. The molecule has 0 saturated heterocycles. The van der Waals surface area contributed by atoms with Crippen LogP contribution < -0.4 is 0 Å². The lowest BCUT2D eigenvalue weighted by atomic mass is 10.4. The van der Waals surface area contributed by atoms with Gasteiger partial charge in [0.05, 0.1) is 0 Å². The van der Waals surface area contributed by atoms with Gasteiger partial charge in [0, 0.05) is 6.04 Å². The second-order valence-electron chi connectivity index (χ2n) is 2.39. The minimum atomic E-state index is -0.0836. The van der Waals surface area contributed by atoms with Gasteiger partial charge in [0.1, 0.15) is 12.9 Å². The Morgan fingerprint density at radius 1 is 1.70 bits per heavy atom. The fourth-order valence-electron chi connectivity index (χ4n) is 0.632. The molecule has 0 spiro atoms. The molecule has 0 aromatic carbocycles. The Balaban J connectivity index is 2.78. The summed E-state index contributed by atoms with van der Waals surface area (Å²) in [5.74, 6) is 0.480. The van der Waals surface area contributed by atoms with E-state index in [4.69, 9.17) is 5.11 Å². The molecule has 1 N–H and O–H groups in total. The molecular formula is C6H11N3O. The summed E-state index contributed by atoms with van der Waals surface area (Å²) in [4.78, 5) is 3.86. The van der Waals surface area contributed by atoms with Crippen molar-refractivity contribution in [1.29, 1.82) is 0 Å². The van der Waals surface area contributed by atoms with Gasteiger partial charge in [-0.1, -0.05) is 0 Å². The van der Waals surface area contributed by atoms with Crippen LogP contribution in [0, 0.1) is 0 Å². The Labute approximate surface area is 59.5 Å². The van der Waals surface area contributed by atoms with E-state index >= 15 is 0 Å². The van der Waals surface area contributed by atoms with E-state index in [1.165, 1.54) is 0 Å². The van der Waals surface area contributed by atoms with E-state index in [-0.39, 0.29) is 6.61 Å². The lowest BCUT2D eigenvalue weighted by molar-refractivity contribution is 0.270. The van der Waals surface area contributed by atoms with Gasteiger partial charge in [0.2, 0.25) is 0 Å². The quantitative estimate of drug-likeness (QED) is 0.646. The highest BCUT2D eigenvalue weighted by molar-refractivity contribution is 4.78. The topological polar surface area (TPSA) is 50.9 Å². The van der Waals surface area contributed by atoms with Crippen LogP contribution in [0.15, 0.2) is 6.33 Å². The van der Waals surface area contributed by atoms with E-state index in [0.717, 1.165) is 0 Å². The second kappa shape index (κ2) is 2.79. The molecule has 0 saturated carbocycles. The lowest BCUT2D eigenvalue weighted by Gasteiger charge is -2.01. The maximum absolute atomic E-state index is 8.59. The zero-order chi connectivity index (χ0) is 7.56. The molecule has 0 amide bonds. The predicted molar refractivity (Wildman–Crippen MR) is 36.3 cm³/mol. The minimum absolute atomic E-state index is 0.0836. The van der Waals surface area contributed by atoms with Gasteiger partial charge in [0.15, 0.2) is 5.82 Å². The van der Waals surface area contributed by atoms with Crippen LogP contribution in [0.4, 0.5) is 0 Å². The van der Waals surface area contributed by atoms with Crippen molar-refractivity contribution in [2.24, 2.45) is 0 Å². The standard InChI is InChI=1S/C6H11N3O/c1-5(2)9-4-7-6(3-10)8-9/h4-5,10H,3H2,1-2H3. The largest absolute Gasteiger partial charge is 0.388 e. The van der Waals surface area contributed by atoms with Crippen molar-refractivity contribution in [3.63, 3.8) is 0 Å². The van der Waals surface area contributed by atoms with Crippen molar-refractivity contribution in [2.45, 2.75) is 26.5 Å². The summed E-state index contributed by atoms with van der Waals surface area (Å²) >= 11 is 0. The fraction of sp³-hybridized carbons (Fsp3) is 0.667. The number of nitrogens with zero attached hydrogens (tertiary/aromatic N) is 3. The molecule has 4 heteroatoms. The third-order valence-corrected chi connectivity index (χ3v) is 1.23. The highest BCUT2D eigenvalue weighted by Crippen LogP contribution is 2.00. The van der Waals surface area contributed by atoms with E-state index in [0.29, 0.717) is 11.9 Å². The summed E-state index contributed by atoms with van der Waals surface area (Å²) in [6.45, 7) is 3.94. The van der Waals surface area contributed by atoms with Crippen LogP contribution in [-0.4, -0.2) is 19.9 Å². The molecule has 0 aliphatic heterocycles. The Hall–Kier alpha value is -0.900. The number of aliphatic hydroxyl groups excluding tert-OH is 1. The molecule has 0 aliphatic rings. The lowest BCUT2D eigenvalue weighted by Crippen LogP contribution is -2.01. The molecule has 0 fully saturated rings. The van der Waals surface area contributed by atoms with Crippen LogP contribution in [0.5, 0.6) is 0 Å². The average Bonchev–Trinajstić information content (AvgIpc) is 2.34. The molecule has 1 rings (SSSR count). The van der Waals surface area contributed by atoms with Gasteiger partial charge in [-0.05, 0) is 13.8 Å². The van der Waals surface area contributed by atoms with E-state index < -0.39 is 0 Å². The van der Waals surface area contributed by atoms with Crippen molar-refractivity contribution in [3.05, 3.63) is 12.2 Å². The van der Waals surface area contributed by atoms with Gasteiger partial charge >= 0.3 is 0 Å². The van der Waals surface area contributed by atoms with Crippen molar-refractivity contribution in [3.8, 4) is 0 Å². The van der Waals surface area contributed by atoms with Crippen LogP contribution in [-0.2, 0) is 6.61 Å². The van der Waals surface area contributed by atoms with E-state index in [2.05, 4.69) is 10.1 Å². The molecule has 10 heavy (non-hydrogen) atoms. The van der Waals surface area contributed by atoms with Crippen LogP contribution in [0.3, 0.4) is 0 Å². The zero-order valence-corrected chi connectivity index (χ0v) is 6.15. The zero-order valence-electron chi connectivity index (χ0n) is 6.15. The monoisotopic (exact) mass is 141 g/mol. The number of aliphatic hydroxyl groups is 1. The molecule has 0 radical (unpaired) electrons. The van der Waals surface area contributed by atoms with E-state index in [9.17, 15) is 0 Å². The normalized spacial score (nSPS) is 10.8. The van der Waals surface area contributed by atoms with Gasteiger partial charge in [-0.2, -0.15) is 5.10 Å². The molecule has 1 aromatic heterocycles. The number of hydrogen-bond acceptors (Lipinski definition) is 3. The highest BCUT2D eigenvalue weighted by atomic mass is 16.3. The van der Waals surface area contributed by atoms with Crippen molar-refractivity contribution in [1.82, 2.24) is 14.8 Å². The summed E-state index contributed by atoms with van der Waals surface area (Å²) in [7, 11) is 0. The first-order valence-electron chi connectivity index (χ1n) is 3.25. The first-order chi connectivity index (χ1) is 4.74. The minimum Gasteiger partial charge on any atom is -0.388 e. The first-order valence-corrected chi connectivity index (χ1v) is 3.25. The van der Waals surface area contributed by atoms with Gasteiger partial charge in [-0.3, -0.25) is 4.68 Å². The number of aromatic nitrogens is 3. The Morgan fingerprint density at radius 2 is 2.40 bits per heavy atom. The second-order valence-corrected chi connectivity index (χ2v) is 2.39. The maximum Gasteiger partial charge on any atom is 0.175 e. The third-order valence-electron chi connectivity index (χ3n) is 1.23. The molecular weight excluding hydrogens is 130 g/mol. The van der Waals surface area contributed by atoms with E-state index in [1.54, 1.807) is 11.0 Å². The maximum atomic E-state index is 8.59.